The van der Waals surface area contributed by atoms with Crippen LogP contribution in [0.25, 0.3) is 0 Å². The third-order valence-corrected chi connectivity index (χ3v) is 8.73. The minimum Gasteiger partial charge on any atom is -0.351 e. The molecule has 0 aliphatic heterocycles. The Hall–Kier alpha value is -0.650. The lowest BCUT2D eigenvalue weighted by molar-refractivity contribution is -0.124. The van der Waals surface area contributed by atoms with E-state index >= 15 is 0 Å². The first kappa shape index (κ1) is 21.6. The Balaban J connectivity index is 0.000000122. The van der Waals surface area contributed by atoms with Gasteiger partial charge in [0.05, 0.1) is 0 Å². The van der Waals surface area contributed by atoms with Crippen molar-refractivity contribution >= 4 is 5.91 Å². The number of hydrogen-bond donors (Lipinski definition) is 4. The van der Waals surface area contributed by atoms with Gasteiger partial charge in [-0.1, -0.05) is 0 Å². The summed E-state index contributed by atoms with van der Waals surface area (Å²) in [5.41, 5.74) is 16.6. The van der Waals surface area contributed by atoms with Crippen molar-refractivity contribution < 1.29 is 4.79 Å². The topological polar surface area (TPSA) is 107 Å². The van der Waals surface area contributed by atoms with Gasteiger partial charge in [-0.25, -0.2) is 0 Å². The van der Waals surface area contributed by atoms with Gasteiger partial charge in [-0.05, 0) is 113 Å². The Morgan fingerprint density at radius 3 is 1.28 bits per heavy atom. The molecule has 8 rings (SSSR count). The van der Waals surface area contributed by atoms with Crippen molar-refractivity contribution in [1.82, 2.24) is 5.32 Å². The highest BCUT2D eigenvalue weighted by atomic mass is 16.1. The summed E-state index contributed by atoms with van der Waals surface area (Å²) in [4.78, 5) is 11.2. The van der Waals surface area contributed by atoms with Crippen LogP contribution in [0.2, 0.25) is 0 Å². The maximum atomic E-state index is 11.2. The van der Waals surface area contributed by atoms with Gasteiger partial charge in [0.2, 0.25) is 5.91 Å². The second-order valence-corrected chi connectivity index (χ2v) is 11.7. The summed E-state index contributed by atoms with van der Waals surface area (Å²) < 4.78 is 0. The molecule has 7 N–H and O–H groups in total. The lowest BCUT2D eigenvalue weighted by atomic mass is 9.53. The lowest BCUT2D eigenvalue weighted by Crippen LogP contribution is -2.59. The van der Waals surface area contributed by atoms with Crippen molar-refractivity contribution in [3.63, 3.8) is 0 Å². The van der Waals surface area contributed by atoms with Gasteiger partial charge >= 0.3 is 0 Å². The van der Waals surface area contributed by atoms with Crippen LogP contribution in [-0.2, 0) is 4.79 Å². The molecule has 0 heterocycles. The van der Waals surface area contributed by atoms with Gasteiger partial charge in [0.15, 0.2) is 0 Å². The molecule has 8 saturated carbocycles. The molecule has 0 saturated heterocycles. The molecule has 0 aromatic heterocycles. The van der Waals surface area contributed by atoms with Crippen LogP contribution in [0, 0.1) is 35.5 Å². The second-order valence-electron chi connectivity index (χ2n) is 11.7. The summed E-state index contributed by atoms with van der Waals surface area (Å²) in [6, 6.07) is 0. The van der Waals surface area contributed by atoms with E-state index in [0.29, 0.717) is 18.6 Å². The molecule has 8 bridgehead atoms. The molecule has 5 nitrogen and oxygen atoms in total. The fraction of sp³-hybridized carbons (Fsp3) is 0.958. The Bertz CT molecular complexity index is 517. The second kappa shape index (κ2) is 8.47. The van der Waals surface area contributed by atoms with Gasteiger partial charge in [0.25, 0.3) is 0 Å². The molecule has 0 atom stereocenters. The number of nitrogens with two attached hydrogens (primary N) is 3. The number of carbonyl (C=O) groups is 1. The fourth-order valence-corrected chi connectivity index (χ4v) is 8.81. The highest BCUT2D eigenvalue weighted by molar-refractivity contribution is 5.73. The largest absolute Gasteiger partial charge is 0.351 e. The Morgan fingerprint density at radius 2 is 1.03 bits per heavy atom. The van der Waals surface area contributed by atoms with Gasteiger partial charge in [-0.2, -0.15) is 0 Å². The molecule has 0 spiro atoms. The lowest BCUT2D eigenvalue weighted by Gasteiger charge is -2.56. The smallest absolute Gasteiger partial charge is 0.217 e. The number of carbonyl (C=O) groups excluding carboxylic acids is 1. The quantitative estimate of drug-likeness (QED) is 0.567. The minimum absolute atomic E-state index is 0.173. The van der Waals surface area contributed by atoms with E-state index < -0.39 is 0 Å². The van der Waals surface area contributed by atoms with Gasteiger partial charge in [-0.15, -0.1) is 0 Å². The van der Waals surface area contributed by atoms with Crippen molar-refractivity contribution in [2.24, 2.45) is 52.7 Å². The van der Waals surface area contributed by atoms with E-state index in [1.54, 1.807) is 6.92 Å². The van der Waals surface area contributed by atoms with Crippen LogP contribution in [0.1, 0.15) is 84.0 Å². The summed E-state index contributed by atoms with van der Waals surface area (Å²) in [5, 5.41) is 3.25. The Labute approximate surface area is 177 Å². The van der Waals surface area contributed by atoms with Crippen molar-refractivity contribution in [3.05, 3.63) is 0 Å². The zero-order chi connectivity index (χ0) is 20.6. The first-order valence-corrected chi connectivity index (χ1v) is 12.3. The first-order valence-electron chi connectivity index (χ1n) is 12.3. The molecule has 166 valence electrons. The molecule has 8 aliphatic rings. The normalized spacial score (nSPS) is 47.7. The zero-order valence-electron chi connectivity index (χ0n) is 18.5. The van der Waals surface area contributed by atoms with Crippen LogP contribution >= 0.6 is 0 Å². The highest BCUT2D eigenvalue weighted by Gasteiger charge is 2.51. The van der Waals surface area contributed by atoms with Crippen LogP contribution in [0.15, 0.2) is 0 Å². The van der Waals surface area contributed by atoms with Gasteiger partial charge < -0.3 is 22.5 Å². The van der Waals surface area contributed by atoms with Crippen LogP contribution in [0.4, 0.5) is 0 Å². The molecule has 0 aromatic rings. The van der Waals surface area contributed by atoms with Crippen molar-refractivity contribution in [2.75, 3.05) is 13.1 Å². The number of rotatable bonds is 2. The molecule has 0 unspecified atom stereocenters. The van der Waals surface area contributed by atoms with Crippen molar-refractivity contribution in [1.29, 1.82) is 0 Å². The molecule has 8 aliphatic carbocycles. The predicted octanol–water partition coefficient (Wildman–Crippen LogP) is 2.91. The van der Waals surface area contributed by atoms with Crippen molar-refractivity contribution in [3.8, 4) is 0 Å². The SMILES string of the molecule is CC(=O)NC12CC3CC(CC(C3)C1)C2.NC12CC3CC(CC(C3)C1)C2.NCCN. The first-order chi connectivity index (χ1) is 13.8. The van der Waals surface area contributed by atoms with E-state index in [-0.39, 0.29) is 11.4 Å². The third kappa shape index (κ3) is 4.99. The predicted molar refractivity (Wildman–Crippen MR) is 118 cm³/mol. The van der Waals surface area contributed by atoms with Gasteiger partial charge in [0.1, 0.15) is 0 Å². The zero-order valence-corrected chi connectivity index (χ0v) is 18.5. The third-order valence-electron chi connectivity index (χ3n) is 8.73. The molecule has 0 aromatic carbocycles. The molecule has 29 heavy (non-hydrogen) atoms. The van der Waals surface area contributed by atoms with Crippen LogP contribution in [0.3, 0.4) is 0 Å². The number of amides is 1. The maximum absolute atomic E-state index is 11.2. The van der Waals surface area contributed by atoms with Crippen LogP contribution in [0.5, 0.6) is 0 Å². The van der Waals surface area contributed by atoms with E-state index in [1.165, 1.54) is 77.0 Å². The molecule has 5 heteroatoms. The molecular weight excluding hydrogens is 360 g/mol. The average Bonchev–Trinajstić information content (AvgIpc) is 2.58. The molecular formula is C24H44N4O. The fourth-order valence-electron chi connectivity index (χ4n) is 8.81. The summed E-state index contributed by atoms with van der Waals surface area (Å²) >= 11 is 0. The van der Waals surface area contributed by atoms with Gasteiger partial charge in [0, 0.05) is 31.1 Å². The summed E-state index contributed by atoms with van der Waals surface area (Å²) in [6.45, 7) is 2.86. The number of nitrogens with one attached hydrogen (secondary N) is 1. The van der Waals surface area contributed by atoms with Crippen LogP contribution < -0.4 is 22.5 Å². The minimum atomic E-state index is 0.173. The van der Waals surface area contributed by atoms with Crippen molar-refractivity contribution in [2.45, 2.75) is 95.1 Å². The average molecular weight is 405 g/mol. The highest BCUT2D eigenvalue weighted by Crippen LogP contribution is 2.56. The number of hydrogen-bond acceptors (Lipinski definition) is 4. The standard InChI is InChI=1S/C12H19NO.C10H17N.C2H8N2/c1-8(14)13-12-5-9-2-10(6-12)4-11(3-9)7-12;11-10-4-7-1-8(5-10)3-9(2-7)6-10;3-1-2-4/h9-11H,2-7H2,1H3,(H,13,14);7-9H,1-6,11H2;1-4H2. The van der Waals surface area contributed by atoms with E-state index in [4.69, 9.17) is 17.2 Å². The van der Waals surface area contributed by atoms with Gasteiger partial charge in [-0.3, -0.25) is 4.79 Å². The van der Waals surface area contributed by atoms with E-state index in [1.807, 2.05) is 0 Å². The molecule has 0 radical (unpaired) electrons. The summed E-state index contributed by atoms with van der Waals surface area (Å²) in [7, 11) is 0. The molecule has 8 fully saturated rings. The Morgan fingerprint density at radius 1 is 0.724 bits per heavy atom. The van der Waals surface area contributed by atoms with Crippen LogP contribution in [-0.4, -0.2) is 30.1 Å². The van der Waals surface area contributed by atoms with E-state index in [9.17, 15) is 4.79 Å². The van der Waals surface area contributed by atoms with E-state index in [0.717, 1.165) is 35.5 Å². The monoisotopic (exact) mass is 404 g/mol. The Kier molecular flexibility index (Phi) is 6.30. The summed E-state index contributed by atoms with van der Waals surface area (Å²) in [5.74, 6) is 6.00. The van der Waals surface area contributed by atoms with E-state index in [2.05, 4.69) is 5.32 Å². The maximum Gasteiger partial charge on any atom is 0.217 e. The molecule has 1 amide bonds. The summed E-state index contributed by atoms with van der Waals surface area (Å²) in [6.07, 6.45) is 16.7.